The monoisotopic (exact) mass is 291 g/mol. The third kappa shape index (κ3) is 3.18. The van der Waals surface area contributed by atoms with Crippen molar-refractivity contribution in [2.45, 2.75) is 11.8 Å². The molecule has 0 radical (unpaired) electrons. The van der Waals surface area contributed by atoms with Crippen LogP contribution in [0, 0.1) is 17.0 Å². The van der Waals surface area contributed by atoms with Gasteiger partial charge in [-0.3, -0.25) is 10.1 Å². The third-order valence-electron chi connectivity index (χ3n) is 2.59. The van der Waals surface area contributed by atoms with Crippen LogP contribution in [0.5, 0.6) is 0 Å². The highest BCUT2D eigenvalue weighted by molar-refractivity contribution is 7.98. The molecule has 0 atom stereocenters. The number of thioether (sulfide) groups is 1. The van der Waals surface area contributed by atoms with Gasteiger partial charge in [-0.05, 0) is 31.4 Å². The van der Waals surface area contributed by atoms with Gasteiger partial charge in [0, 0.05) is 22.9 Å². The Labute approximate surface area is 120 Å². The molecule has 1 aromatic carbocycles. The number of hydrogen-bond acceptors (Lipinski definition) is 6. The summed E-state index contributed by atoms with van der Waals surface area (Å²) in [4.78, 5) is 11.5. The van der Waals surface area contributed by atoms with Gasteiger partial charge in [-0.15, -0.1) is 11.8 Å². The van der Waals surface area contributed by atoms with E-state index in [-0.39, 0.29) is 17.1 Å². The molecule has 7 heteroatoms. The molecule has 2 aromatic rings. The standard InChI is InChI=1S/C13H13N3O3S/c1-9-13(16(17)18)12(19-15-9)6-7-14-10-4-3-5-11(8-10)20-2/h3-8,14H,1-2H3/b7-6+. The van der Waals surface area contributed by atoms with Crippen LogP contribution in [0.1, 0.15) is 11.5 Å². The molecule has 0 spiro atoms. The Morgan fingerprint density at radius 1 is 1.50 bits per heavy atom. The maximum Gasteiger partial charge on any atom is 0.338 e. The maximum absolute atomic E-state index is 10.9. The Hall–Kier alpha value is -2.28. The number of aryl methyl sites for hydroxylation is 1. The van der Waals surface area contributed by atoms with E-state index in [0.717, 1.165) is 10.6 Å². The number of nitrogens with zero attached hydrogens (tertiary/aromatic N) is 2. The van der Waals surface area contributed by atoms with E-state index in [4.69, 9.17) is 4.52 Å². The van der Waals surface area contributed by atoms with Crippen LogP contribution in [0.15, 0.2) is 39.9 Å². The minimum atomic E-state index is -0.500. The molecule has 0 bridgehead atoms. The van der Waals surface area contributed by atoms with Crippen LogP contribution in [-0.4, -0.2) is 16.3 Å². The summed E-state index contributed by atoms with van der Waals surface area (Å²) >= 11 is 1.64. The van der Waals surface area contributed by atoms with E-state index < -0.39 is 4.92 Å². The van der Waals surface area contributed by atoms with Crippen molar-refractivity contribution in [1.29, 1.82) is 0 Å². The van der Waals surface area contributed by atoms with Gasteiger partial charge in [-0.25, -0.2) is 0 Å². The molecule has 0 aliphatic carbocycles. The predicted molar refractivity (Wildman–Crippen MR) is 78.8 cm³/mol. The summed E-state index contributed by atoms with van der Waals surface area (Å²) in [5.41, 5.74) is 1.05. The third-order valence-corrected chi connectivity index (χ3v) is 3.32. The molecule has 0 aliphatic heterocycles. The minimum absolute atomic E-state index is 0.110. The summed E-state index contributed by atoms with van der Waals surface area (Å²) in [5, 5.41) is 17.5. The number of benzene rings is 1. The Morgan fingerprint density at radius 3 is 3.00 bits per heavy atom. The second-order valence-electron chi connectivity index (χ2n) is 3.95. The van der Waals surface area contributed by atoms with Crippen LogP contribution in [0.4, 0.5) is 11.4 Å². The summed E-state index contributed by atoms with van der Waals surface area (Å²) in [6.45, 7) is 1.54. The van der Waals surface area contributed by atoms with Gasteiger partial charge < -0.3 is 9.84 Å². The normalized spacial score (nSPS) is 10.9. The quantitative estimate of drug-likeness (QED) is 0.514. The first-order valence-corrected chi connectivity index (χ1v) is 7.02. The molecule has 104 valence electrons. The number of anilines is 1. The molecule has 1 N–H and O–H groups in total. The first-order chi connectivity index (χ1) is 9.61. The number of hydrogen-bond donors (Lipinski definition) is 1. The second-order valence-corrected chi connectivity index (χ2v) is 4.83. The minimum Gasteiger partial charge on any atom is -0.362 e. The van der Waals surface area contributed by atoms with Crippen LogP contribution in [0.3, 0.4) is 0 Å². The van der Waals surface area contributed by atoms with E-state index in [9.17, 15) is 10.1 Å². The summed E-state index contributed by atoms with van der Waals surface area (Å²) in [6, 6.07) is 7.83. The molecule has 0 amide bonds. The molecular weight excluding hydrogens is 278 g/mol. The zero-order chi connectivity index (χ0) is 14.5. The van der Waals surface area contributed by atoms with Gasteiger partial charge >= 0.3 is 5.69 Å². The van der Waals surface area contributed by atoms with Crippen molar-refractivity contribution >= 4 is 29.2 Å². The summed E-state index contributed by atoms with van der Waals surface area (Å²) in [5.74, 6) is 0.126. The van der Waals surface area contributed by atoms with Gasteiger partial charge in [0.25, 0.3) is 0 Å². The number of nitro groups is 1. The van der Waals surface area contributed by atoms with Gasteiger partial charge in [0.2, 0.25) is 5.76 Å². The molecule has 0 saturated heterocycles. The average Bonchev–Trinajstić information content (AvgIpc) is 2.80. The zero-order valence-corrected chi connectivity index (χ0v) is 11.8. The zero-order valence-electron chi connectivity index (χ0n) is 11.0. The van der Waals surface area contributed by atoms with Crippen molar-refractivity contribution in [3.05, 3.63) is 52.0 Å². The van der Waals surface area contributed by atoms with Crippen molar-refractivity contribution in [2.75, 3.05) is 11.6 Å². The molecule has 0 aliphatic rings. The topological polar surface area (TPSA) is 81.2 Å². The molecule has 6 nitrogen and oxygen atoms in total. The fraction of sp³-hybridized carbons (Fsp3) is 0.154. The molecule has 1 aromatic heterocycles. The van der Waals surface area contributed by atoms with Gasteiger partial charge in [0.15, 0.2) is 5.69 Å². The van der Waals surface area contributed by atoms with Crippen molar-refractivity contribution in [3.63, 3.8) is 0 Å². The molecule has 2 rings (SSSR count). The Morgan fingerprint density at radius 2 is 2.30 bits per heavy atom. The van der Waals surface area contributed by atoms with Crippen molar-refractivity contribution < 1.29 is 9.45 Å². The Balaban J connectivity index is 2.12. The van der Waals surface area contributed by atoms with Gasteiger partial charge in [-0.1, -0.05) is 11.2 Å². The van der Waals surface area contributed by atoms with Gasteiger partial charge in [0.05, 0.1) is 4.92 Å². The van der Waals surface area contributed by atoms with Crippen LogP contribution < -0.4 is 5.32 Å². The van der Waals surface area contributed by atoms with E-state index in [1.165, 1.54) is 13.0 Å². The molecular formula is C13H13N3O3S. The largest absolute Gasteiger partial charge is 0.362 e. The Bertz CT molecular complexity index is 652. The lowest BCUT2D eigenvalue weighted by Crippen LogP contribution is -1.91. The van der Waals surface area contributed by atoms with Gasteiger partial charge in [-0.2, -0.15) is 0 Å². The van der Waals surface area contributed by atoms with Crippen LogP contribution in [0.2, 0.25) is 0 Å². The lowest BCUT2D eigenvalue weighted by atomic mass is 10.3. The fourth-order valence-electron chi connectivity index (χ4n) is 1.64. The number of aromatic nitrogens is 1. The highest BCUT2D eigenvalue weighted by Crippen LogP contribution is 2.24. The number of rotatable bonds is 5. The van der Waals surface area contributed by atoms with Crippen LogP contribution >= 0.6 is 11.8 Å². The highest BCUT2D eigenvalue weighted by atomic mass is 32.2. The second kappa shape index (κ2) is 6.25. The van der Waals surface area contributed by atoms with E-state index in [1.54, 1.807) is 18.0 Å². The molecule has 1 heterocycles. The average molecular weight is 291 g/mol. The maximum atomic E-state index is 10.9. The van der Waals surface area contributed by atoms with E-state index in [1.807, 2.05) is 30.5 Å². The van der Waals surface area contributed by atoms with Crippen LogP contribution in [-0.2, 0) is 0 Å². The van der Waals surface area contributed by atoms with Crippen molar-refractivity contribution in [3.8, 4) is 0 Å². The van der Waals surface area contributed by atoms with E-state index >= 15 is 0 Å². The smallest absolute Gasteiger partial charge is 0.338 e. The lowest BCUT2D eigenvalue weighted by molar-refractivity contribution is -0.386. The molecule has 0 unspecified atom stereocenters. The molecule has 0 saturated carbocycles. The van der Waals surface area contributed by atoms with E-state index in [2.05, 4.69) is 10.5 Å². The number of nitrogens with one attached hydrogen (secondary N) is 1. The first kappa shape index (κ1) is 14.1. The Kier molecular flexibility index (Phi) is 4.41. The van der Waals surface area contributed by atoms with Gasteiger partial charge in [0.1, 0.15) is 0 Å². The van der Waals surface area contributed by atoms with Crippen molar-refractivity contribution in [2.24, 2.45) is 0 Å². The molecule has 0 fully saturated rings. The van der Waals surface area contributed by atoms with E-state index in [0.29, 0.717) is 0 Å². The van der Waals surface area contributed by atoms with Crippen LogP contribution in [0.25, 0.3) is 6.08 Å². The predicted octanol–water partition coefficient (Wildman–Crippen LogP) is 3.70. The van der Waals surface area contributed by atoms with Crippen molar-refractivity contribution in [1.82, 2.24) is 5.16 Å². The first-order valence-electron chi connectivity index (χ1n) is 5.79. The summed E-state index contributed by atoms with van der Waals surface area (Å²) < 4.78 is 4.92. The summed E-state index contributed by atoms with van der Waals surface area (Å²) in [7, 11) is 0. The summed E-state index contributed by atoms with van der Waals surface area (Å²) in [6.07, 6.45) is 5.08. The fourth-order valence-corrected chi connectivity index (χ4v) is 2.10. The molecule has 20 heavy (non-hydrogen) atoms. The highest BCUT2D eigenvalue weighted by Gasteiger charge is 2.21. The lowest BCUT2D eigenvalue weighted by Gasteiger charge is -2.02. The SMILES string of the molecule is CSc1cccc(N/C=C/c2onc(C)c2[N+](=O)[O-])c1.